The van der Waals surface area contributed by atoms with Crippen LogP contribution in [-0.4, -0.2) is 25.2 Å². The molecule has 1 atom stereocenters. The Balaban J connectivity index is 1.76. The van der Waals surface area contributed by atoms with E-state index >= 15 is 0 Å². The first-order valence-corrected chi connectivity index (χ1v) is 8.23. The van der Waals surface area contributed by atoms with E-state index in [0.717, 1.165) is 49.4 Å². The Morgan fingerprint density at radius 2 is 2.33 bits per heavy atom. The number of aryl methyl sites for hydroxylation is 1. The number of ether oxygens (including phenoxy) is 2. The van der Waals surface area contributed by atoms with Crippen molar-refractivity contribution in [2.24, 2.45) is 0 Å². The molecule has 114 valence electrons. The number of alkyl halides is 1. The molecule has 21 heavy (non-hydrogen) atoms. The Bertz CT molecular complexity index is 496. The van der Waals surface area contributed by atoms with Crippen LogP contribution in [0.4, 0.5) is 0 Å². The lowest BCUT2D eigenvalue weighted by Gasteiger charge is -2.11. The van der Waals surface area contributed by atoms with Gasteiger partial charge >= 0.3 is 0 Å². The van der Waals surface area contributed by atoms with Gasteiger partial charge in [-0.2, -0.15) is 0 Å². The van der Waals surface area contributed by atoms with E-state index in [2.05, 4.69) is 24.8 Å². The van der Waals surface area contributed by atoms with Crippen LogP contribution in [0.2, 0.25) is 0 Å². The van der Waals surface area contributed by atoms with Gasteiger partial charge in [0.2, 0.25) is 0 Å². The van der Waals surface area contributed by atoms with Crippen LogP contribution in [0.5, 0.6) is 5.75 Å². The molecule has 0 radical (unpaired) electrons. The van der Waals surface area contributed by atoms with Gasteiger partial charge in [-0.05, 0) is 56.4 Å². The summed E-state index contributed by atoms with van der Waals surface area (Å²) in [5.74, 6) is 7.69. The van der Waals surface area contributed by atoms with E-state index in [-0.39, 0.29) is 0 Å². The third-order valence-corrected chi connectivity index (χ3v) is 3.77. The summed E-state index contributed by atoms with van der Waals surface area (Å²) >= 11 is 5.61. The van der Waals surface area contributed by atoms with Crippen molar-refractivity contribution >= 4 is 11.6 Å². The van der Waals surface area contributed by atoms with Gasteiger partial charge in [0.05, 0.1) is 12.7 Å². The summed E-state index contributed by atoms with van der Waals surface area (Å²) in [4.78, 5) is 0. The van der Waals surface area contributed by atoms with Gasteiger partial charge in [0.25, 0.3) is 0 Å². The zero-order valence-electron chi connectivity index (χ0n) is 12.7. The van der Waals surface area contributed by atoms with E-state index in [1.807, 2.05) is 12.1 Å². The molecule has 0 amide bonds. The Hall–Kier alpha value is -1.17. The van der Waals surface area contributed by atoms with Crippen LogP contribution in [0, 0.1) is 18.8 Å². The molecule has 3 heteroatoms. The predicted octanol–water partition coefficient (Wildman–Crippen LogP) is 4.31. The highest BCUT2D eigenvalue weighted by molar-refractivity contribution is 6.18. The van der Waals surface area contributed by atoms with Gasteiger partial charge in [-0.25, -0.2) is 0 Å². The van der Waals surface area contributed by atoms with E-state index in [1.165, 1.54) is 12.8 Å². The molecular weight excluding hydrogens is 284 g/mol. The van der Waals surface area contributed by atoms with Crippen molar-refractivity contribution in [2.45, 2.75) is 45.1 Å². The molecule has 1 fully saturated rings. The topological polar surface area (TPSA) is 18.5 Å². The van der Waals surface area contributed by atoms with Crippen molar-refractivity contribution in [3.8, 4) is 17.6 Å². The molecule has 0 aliphatic carbocycles. The fraction of sp³-hybridized carbons (Fsp3) is 0.556. The second-order valence-electron chi connectivity index (χ2n) is 5.35. The van der Waals surface area contributed by atoms with E-state index < -0.39 is 0 Å². The number of hydrogen-bond donors (Lipinski definition) is 0. The number of rotatable bonds is 6. The average Bonchev–Trinajstić information content (AvgIpc) is 2.99. The van der Waals surface area contributed by atoms with Crippen molar-refractivity contribution in [1.29, 1.82) is 0 Å². The Morgan fingerprint density at radius 1 is 1.43 bits per heavy atom. The summed E-state index contributed by atoms with van der Waals surface area (Å²) in [7, 11) is 0. The standard InChI is InChI=1S/C18H23ClO2/c1-15-14-16(6-2-3-11-19)9-10-18(15)21-13-5-8-17-7-4-12-20-17/h9-10,14,17H,3-5,7-8,11-13H2,1H3. The van der Waals surface area contributed by atoms with Crippen LogP contribution in [0.1, 0.15) is 43.2 Å². The van der Waals surface area contributed by atoms with Crippen LogP contribution < -0.4 is 4.74 Å². The Morgan fingerprint density at radius 3 is 3.05 bits per heavy atom. The maximum atomic E-state index is 5.85. The normalized spacial score (nSPS) is 17.3. The van der Waals surface area contributed by atoms with Gasteiger partial charge in [-0.1, -0.05) is 11.8 Å². The molecule has 1 aliphatic rings. The second kappa shape index (κ2) is 8.97. The van der Waals surface area contributed by atoms with Gasteiger partial charge in [0, 0.05) is 24.5 Å². The lowest BCUT2D eigenvalue weighted by molar-refractivity contribution is 0.0981. The van der Waals surface area contributed by atoms with E-state index in [1.54, 1.807) is 0 Å². The molecule has 0 aromatic heterocycles. The average molecular weight is 307 g/mol. The number of benzene rings is 1. The van der Waals surface area contributed by atoms with Crippen molar-refractivity contribution < 1.29 is 9.47 Å². The molecule has 1 unspecified atom stereocenters. The summed E-state index contributed by atoms with van der Waals surface area (Å²) < 4.78 is 11.5. The van der Waals surface area contributed by atoms with E-state index in [0.29, 0.717) is 12.0 Å². The summed E-state index contributed by atoms with van der Waals surface area (Å²) in [5, 5.41) is 0. The van der Waals surface area contributed by atoms with E-state index in [9.17, 15) is 0 Å². The zero-order valence-corrected chi connectivity index (χ0v) is 13.4. The van der Waals surface area contributed by atoms with Crippen LogP contribution >= 0.6 is 11.6 Å². The van der Waals surface area contributed by atoms with Crippen molar-refractivity contribution in [2.75, 3.05) is 19.1 Å². The Kier molecular flexibility index (Phi) is 6.92. The SMILES string of the molecule is Cc1cc(C#CCCCl)ccc1OCCCC1CCCO1. The van der Waals surface area contributed by atoms with Crippen molar-refractivity contribution in [3.63, 3.8) is 0 Å². The maximum Gasteiger partial charge on any atom is 0.122 e. The molecule has 1 aliphatic heterocycles. The molecular formula is C18H23ClO2. The largest absolute Gasteiger partial charge is 0.493 e. The van der Waals surface area contributed by atoms with Crippen LogP contribution in [0.25, 0.3) is 0 Å². The lowest BCUT2D eigenvalue weighted by atomic mass is 10.1. The van der Waals surface area contributed by atoms with Crippen LogP contribution in [-0.2, 0) is 4.74 Å². The molecule has 2 rings (SSSR count). The summed E-state index contributed by atoms with van der Waals surface area (Å²) in [5.41, 5.74) is 2.15. The van der Waals surface area contributed by atoms with Gasteiger partial charge in [0.15, 0.2) is 0 Å². The smallest absolute Gasteiger partial charge is 0.122 e. The fourth-order valence-electron chi connectivity index (χ4n) is 2.47. The quantitative estimate of drug-likeness (QED) is 0.443. The van der Waals surface area contributed by atoms with Gasteiger partial charge < -0.3 is 9.47 Å². The monoisotopic (exact) mass is 306 g/mol. The first-order chi connectivity index (χ1) is 10.3. The fourth-order valence-corrected chi connectivity index (χ4v) is 2.56. The third-order valence-electron chi connectivity index (χ3n) is 3.58. The van der Waals surface area contributed by atoms with Gasteiger partial charge in [-0.15, -0.1) is 11.6 Å². The highest BCUT2D eigenvalue weighted by Gasteiger charge is 2.14. The molecule has 1 heterocycles. The molecule has 0 N–H and O–H groups in total. The van der Waals surface area contributed by atoms with Crippen LogP contribution in [0.15, 0.2) is 18.2 Å². The number of halogens is 1. The highest BCUT2D eigenvalue weighted by Crippen LogP contribution is 2.20. The summed E-state index contributed by atoms with van der Waals surface area (Å²) in [6.45, 7) is 3.73. The summed E-state index contributed by atoms with van der Waals surface area (Å²) in [6.07, 6.45) is 5.73. The lowest BCUT2D eigenvalue weighted by Crippen LogP contribution is -2.08. The molecule has 0 bridgehead atoms. The van der Waals surface area contributed by atoms with Crippen molar-refractivity contribution in [1.82, 2.24) is 0 Å². The maximum absolute atomic E-state index is 5.85. The minimum atomic E-state index is 0.453. The van der Waals surface area contributed by atoms with Crippen LogP contribution in [0.3, 0.4) is 0 Å². The first-order valence-electron chi connectivity index (χ1n) is 7.69. The highest BCUT2D eigenvalue weighted by atomic mass is 35.5. The van der Waals surface area contributed by atoms with Crippen molar-refractivity contribution in [3.05, 3.63) is 29.3 Å². The molecule has 0 saturated carbocycles. The molecule has 1 aromatic rings. The Labute approximate surface area is 132 Å². The first kappa shape index (κ1) is 16.2. The van der Waals surface area contributed by atoms with Gasteiger partial charge in [0.1, 0.15) is 5.75 Å². The predicted molar refractivity (Wildman–Crippen MR) is 87.1 cm³/mol. The molecule has 0 spiro atoms. The van der Waals surface area contributed by atoms with Gasteiger partial charge in [-0.3, -0.25) is 0 Å². The zero-order chi connectivity index (χ0) is 14.9. The molecule has 1 aromatic carbocycles. The minimum Gasteiger partial charge on any atom is -0.493 e. The molecule has 2 nitrogen and oxygen atoms in total. The third kappa shape index (κ3) is 5.61. The summed E-state index contributed by atoms with van der Waals surface area (Å²) in [6, 6.07) is 6.08. The van der Waals surface area contributed by atoms with E-state index in [4.69, 9.17) is 21.1 Å². The molecule has 1 saturated heterocycles. The minimum absolute atomic E-state index is 0.453. The second-order valence-corrected chi connectivity index (χ2v) is 5.72. The number of hydrogen-bond acceptors (Lipinski definition) is 2.